The molecule has 0 aromatic heterocycles. The predicted molar refractivity (Wildman–Crippen MR) is 104 cm³/mol. The van der Waals surface area contributed by atoms with Crippen molar-refractivity contribution in [1.82, 2.24) is 10.2 Å². The Kier molecular flexibility index (Phi) is 6.03. The summed E-state index contributed by atoms with van der Waals surface area (Å²) in [7, 11) is 3.09. The molecule has 3 rings (SSSR count). The van der Waals surface area contributed by atoms with Crippen LogP contribution in [0.25, 0.3) is 0 Å². The number of rotatable bonds is 5. The van der Waals surface area contributed by atoms with Crippen LogP contribution < -0.4 is 14.8 Å². The van der Waals surface area contributed by atoms with Gasteiger partial charge in [0.05, 0.1) is 19.8 Å². The maximum Gasteiger partial charge on any atom is 0.255 e. The summed E-state index contributed by atoms with van der Waals surface area (Å²) in [5.41, 5.74) is 0.761. The molecule has 1 aliphatic heterocycles. The van der Waals surface area contributed by atoms with Crippen molar-refractivity contribution in [2.75, 3.05) is 27.3 Å². The molecule has 0 unspecified atom stereocenters. The second-order valence-corrected chi connectivity index (χ2v) is 6.66. The smallest absolute Gasteiger partial charge is 0.255 e. The zero-order chi connectivity index (χ0) is 20.1. The van der Waals surface area contributed by atoms with Crippen molar-refractivity contribution in [1.29, 1.82) is 0 Å². The number of carbonyl (C=O) groups is 2. The minimum absolute atomic E-state index is 0.0421. The van der Waals surface area contributed by atoms with Crippen LogP contribution in [0.15, 0.2) is 42.5 Å². The van der Waals surface area contributed by atoms with Gasteiger partial charge in [-0.1, -0.05) is 12.1 Å². The molecule has 2 aromatic carbocycles. The SMILES string of the molecule is COc1cc(OC)cc(C(=O)N2CCC(NC(=O)c3ccccc3O)CC2)c1. The molecular formula is C21H24N2O5. The largest absolute Gasteiger partial charge is 0.507 e. The molecule has 1 aliphatic rings. The van der Waals surface area contributed by atoms with Gasteiger partial charge in [-0.3, -0.25) is 9.59 Å². The lowest BCUT2D eigenvalue weighted by atomic mass is 10.0. The first kappa shape index (κ1) is 19.5. The van der Waals surface area contributed by atoms with Crippen LogP contribution >= 0.6 is 0 Å². The van der Waals surface area contributed by atoms with E-state index in [0.717, 1.165) is 0 Å². The number of hydrogen-bond donors (Lipinski definition) is 2. The van der Waals surface area contributed by atoms with Crippen molar-refractivity contribution in [2.45, 2.75) is 18.9 Å². The van der Waals surface area contributed by atoms with Crippen LogP contribution in [0.5, 0.6) is 17.2 Å². The third-order valence-corrected chi connectivity index (χ3v) is 4.86. The van der Waals surface area contributed by atoms with Crippen LogP contribution in [-0.2, 0) is 0 Å². The molecule has 7 nitrogen and oxygen atoms in total. The monoisotopic (exact) mass is 384 g/mol. The minimum atomic E-state index is -0.305. The topological polar surface area (TPSA) is 88.1 Å². The normalized spacial score (nSPS) is 14.4. The molecule has 2 amide bonds. The van der Waals surface area contributed by atoms with Crippen LogP contribution in [0, 0.1) is 0 Å². The summed E-state index contributed by atoms with van der Waals surface area (Å²) in [4.78, 5) is 26.9. The minimum Gasteiger partial charge on any atom is -0.507 e. The highest BCUT2D eigenvalue weighted by Crippen LogP contribution is 2.24. The Morgan fingerprint density at radius 1 is 1.04 bits per heavy atom. The first-order valence-corrected chi connectivity index (χ1v) is 9.13. The fraction of sp³-hybridized carbons (Fsp3) is 0.333. The van der Waals surface area contributed by atoms with E-state index in [-0.39, 0.29) is 29.2 Å². The number of phenols is 1. The third kappa shape index (κ3) is 4.36. The van der Waals surface area contributed by atoms with Gasteiger partial charge in [-0.2, -0.15) is 0 Å². The van der Waals surface area contributed by atoms with E-state index in [0.29, 0.717) is 43.0 Å². The number of nitrogens with zero attached hydrogens (tertiary/aromatic N) is 1. The van der Waals surface area contributed by atoms with Gasteiger partial charge < -0.3 is 24.8 Å². The van der Waals surface area contributed by atoms with E-state index in [2.05, 4.69) is 5.32 Å². The standard InChI is InChI=1S/C21H24N2O5/c1-27-16-11-14(12-17(13-16)28-2)21(26)23-9-7-15(8-10-23)22-20(25)18-5-3-4-6-19(18)24/h3-6,11-13,15,24H,7-10H2,1-2H3,(H,22,25). The fourth-order valence-electron chi connectivity index (χ4n) is 3.27. The van der Waals surface area contributed by atoms with Crippen molar-refractivity contribution < 1.29 is 24.2 Å². The van der Waals surface area contributed by atoms with Gasteiger partial charge in [-0.25, -0.2) is 0 Å². The lowest BCUT2D eigenvalue weighted by Gasteiger charge is -2.32. The van der Waals surface area contributed by atoms with Gasteiger partial charge in [0, 0.05) is 30.8 Å². The molecule has 2 N–H and O–H groups in total. The van der Waals surface area contributed by atoms with Gasteiger partial charge in [0.2, 0.25) is 0 Å². The Morgan fingerprint density at radius 2 is 1.64 bits per heavy atom. The number of carbonyl (C=O) groups excluding carboxylic acids is 2. The molecule has 0 saturated carbocycles. The zero-order valence-corrected chi connectivity index (χ0v) is 16.0. The number of phenolic OH excluding ortho intramolecular Hbond substituents is 1. The van der Waals surface area contributed by atoms with E-state index >= 15 is 0 Å². The maximum atomic E-state index is 12.8. The molecule has 0 radical (unpaired) electrons. The molecule has 1 heterocycles. The Labute approximate surface area is 163 Å². The van der Waals surface area contributed by atoms with Crippen molar-refractivity contribution >= 4 is 11.8 Å². The van der Waals surface area contributed by atoms with Crippen LogP contribution in [0.1, 0.15) is 33.6 Å². The number of ether oxygens (including phenoxy) is 2. The number of nitrogens with one attached hydrogen (secondary N) is 1. The summed E-state index contributed by atoms with van der Waals surface area (Å²) in [6.07, 6.45) is 1.29. The maximum absolute atomic E-state index is 12.8. The van der Waals surface area contributed by atoms with Crippen molar-refractivity contribution in [2.24, 2.45) is 0 Å². The molecule has 7 heteroatoms. The van der Waals surface area contributed by atoms with E-state index in [1.54, 1.807) is 55.5 Å². The number of likely N-dealkylation sites (tertiary alicyclic amines) is 1. The average Bonchev–Trinajstić information content (AvgIpc) is 2.73. The Bertz CT molecular complexity index is 837. The Morgan fingerprint density at radius 3 is 2.21 bits per heavy atom. The molecule has 0 aliphatic carbocycles. The highest BCUT2D eigenvalue weighted by Gasteiger charge is 2.26. The molecule has 148 valence electrons. The number of hydrogen-bond acceptors (Lipinski definition) is 5. The van der Waals surface area contributed by atoms with E-state index in [9.17, 15) is 14.7 Å². The fourth-order valence-corrected chi connectivity index (χ4v) is 3.27. The summed E-state index contributed by atoms with van der Waals surface area (Å²) >= 11 is 0. The summed E-state index contributed by atoms with van der Waals surface area (Å²) < 4.78 is 10.5. The van der Waals surface area contributed by atoms with E-state index in [4.69, 9.17) is 9.47 Å². The zero-order valence-electron chi connectivity index (χ0n) is 16.0. The number of piperidine rings is 1. The molecule has 28 heavy (non-hydrogen) atoms. The molecule has 0 spiro atoms. The van der Waals surface area contributed by atoms with Crippen LogP contribution in [-0.4, -0.2) is 55.2 Å². The van der Waals surface area contributed by atoms with Crippen LogP contribution in [0.2, 0.25) is 0 Å². The van der Waals surface area contributed by atoms with Gasteiger partial charge in [0.15, 0.2) is 0 Å². The molecular weight excluding hydrogens is 360 g/mol. The highest BCUT2D eigenvalue weighted by molar-refractivity contribution is 5.97. The Balaban J connectivity index is 1.60. The van der Waals surface area contributed by atoms with E-state index < -0.39 is 0 Å². The highest BCUT2D eigenvalue weighted by atomic mass is 16.5. The number of benzene rings is 2. The van der Waals surface area contributed by atoms with Crippen LogP contribution in [0.3, 0.4) is 0 Å². The van der Waals surface area contributed by atoms with Gasteiger partial charge in [-0.05, 0) is 37.1 Å². The molecule has 1 saturated heterocycles. The number of methoxy groups -OCH3 is 2. The van der Waals surface area contributed by atoms with Crippen LogP contribution in [0.4, 0.5) is 0 Å². The van der Waals surface area contributed by atoms with Gasteiger partial charge in [0.25, 0.3) is 11.8 Å². The van der Waals surface area contributed by atoms with Crippen molar-refractivity contribution in [3.8, 4) is 17.2 Å². The molecule has 0 atom stereocenters. The molecule has 2 aromatic rings. The second kappa shape index (κ2) is 8.65. The van der Waals surface area contributed by atoms with E-state index in [1.165, 1.54) is 6.07 Å². The van der Waals surface area contributed by atoms with Gasteiger partial charge >= 0.3 is 0 Å². The average molecular weight is 384 g/mol. The van der Waals surface area contributed by atoms with Gasteiger partial charge in [0.1, 0.15) is 17.2 Å². The van der Waals surface area contributed by atoms with Crippen molar-refractivity contribution in [3.05, 3.63) is 53.6 Å². The molecule has 1 fully saturated rings. The van der Waals surface area contributed by atoms with E-state index in [1.807, 2.05) is 0 Å². The van der Waals surface area contributed by atoms with Gasteiger partial charge in [-0.15, -0.1) is 0 Å². The molecule has 0 bridgehead atoms. The summed E-state index contributed by atoms with van der Waals surface area (Å²) in [5.74, 6) is 0.683. The second-order valence-electron chi connectivity index (χ2n) is 6.66. The number of amides is 2. The summed E-state index contributed by atoms with van der Waals surface area (Å²) in [6.45, 7) is 1.06. The first-order valence-electron chi connectivity index (χ1n) is 9.13. The summed E-state index contributed by atoms with van der Waals surface area (Å²) in [6, 6.07) is 11.5. The number of para-hydroxylation sites is 1. The lowest BCUT2D eigenvalue weighted by Crippen LogP contribution is -2.46. The first-order chi connectivity index (χ1) is 13.5. The third-order valence-electron chi connectivity index (χ3n) is 4.86. The Hall–Kier alpha value is -3.22. The number of aromatic hydroxyl groups is 1. The summed E-state index contributed by atoms with van der Waals surface area (Å²) in [5, 5.41) is 12.7. The van der Waals surface area contributed by atoms with Crippen molar-refractivity contribution in [3.63, 3.8) is 0 Å². The quantitative estimate of drug-likeness (QED) is 0.827. The lowest BCUT2D eigenvalue weighted by molar-refractivity contribution is 0.0697. The predicted octanol–water partition coefficient (Wildman–Crippen LogP) is 2.44.